The highest BCUT2D eigenvalue weighted by Crippen LogP contribution is 2.22. The van der Waals surface area contributed by atoms with Crippen molar-refractivity contribution in [2.45, 2.75) is 13.8 Å². The Kier molecular flexibility index (Phi) is 4.36. The number of benzene rings is 1. The van der Waals surface area contributed by atoms with Crippen molar-refractivity contribution in [3.05, 3.63) is 33.9 Å². The molecule has 0 unspecified atom stereocenters. The fraction of sp³-hybridized carbons (Fsp3) is 0.273. The van der Waals surface area contributed by atoms with Crippen LogP contribution in [0.4, 0.5) is 11.4 Å². The normalized spacial score (nSPS) is 9.67. The van der Waals surface area contributed by atoms with Crippen LogP contribution in [0.15, 0.2) is 18.2 Å². The van der Waals surface area contributed by atoms with Gasteiger partial charge in [-0.25, -0.2) is 0 Å². The number of amides is 1. The van der Waals surface area contributed by atoms with E-state index in [4.69, 9.17) is 0 Å². The molecule has 1 aromatic carbocycles. The predicted octanol–water partition coefficient (Wildman–Crippen LogP) is 1.40. The van der Waals surface area contributed by atoms with Crippen LogP contribution in [0, 0.1) is 17.0 Å². The Bertz CT molecular complexity index is 498. The molecule has 0 spiro atoms. The van der Waals surface area contributed by atoms with Gasteiger partial charge in [0.25, 0.3) is 11.6 Å². The van der Waals surface area contributed by atoms with Crippen molar-refractivity contribution < 1.29 is 19.2 Å². The SMILES string of the molecule is CC(=O)OCC(=O)Nc1ccc(C)c([N+](=O)[O-])c1. The molecule has 18 heavy (non-hydrogen) atoms. The summed E-state index contributed by atoms with van der Waals surface area (Å²) in [4.78, 5) is 32.0. The zero-order valence-corrected chi connectivity index (χ0v) is 9.93. The second-order valence-corrected chi connectivity index (χ2v) is 3.59. The van der Waals surface area contributed by atoms with Crippen LogP contribution in [0.2, 0.25) is 0 Å². The van der Waals surface area contributed by atoms with Crippen molar-refractivity contribution >= 4 is 23.3 Å². The van der Waals surface area contributed by atoms with E-state index in [0.717, 1.165) is 0 Å². The molecule has 0 aromatic heterocycles. The lowest BCUT2D eigenvalue weighted by Crippen LogP contribution is -2.19. The average molecular weight is 252 g/mol. The number of nitrogens with zero attached hydrogens (tertiary/aromatic N) is 1. The van der Waals surface area contributed by atoms with Gasteiger partial charge in [0.05, 0.1) is 4.92 Å². The second kappa shape index (κ2) is 5.76. The third-order valence-electron chi connectivity index (χ3n) is 2.10. The fourth-order valence-corrected chi connectivity index (χ4v) is 1.25. The molecular weight excluding hydrogens is 240 g/mol. The first-order valence-electron chi connectivity index (χ1n) is 5.08. The molecule has 0 aliphatic heterocycles. The highest BCUT2D eigenvalue weighted by Gasteiger charge is 2.12. The van der Waals surface area contributed by atoms with Crippen LogP contribution in [-0.4, -0.2) is 23.4 Å². The van der Waals surface area contributed by atoms with Gasteiger partial charge in [-0.15, -0.1) is 0 Å². The summed E-state index contributed by atoms with van der Waals surface area (Å²) in [6.07, 6.45) is 0. The Labute approximate surface area is 103 Å². The van der Waals surface area contributed by atoms with Crippen LogP contribution in [0.25, 0.3) is 0 Å². The van der Waals surface area contributed by atoms with Gasteiger partial charge in [-0.1, -0.05) is 6.07 Å². The van der Waals surface area contributed by atoms with Gasteiger partial charge in [0, 0.05) is 24.2 Å². The number of hydrogen-bond acceptors (Lipinski definition) is 5. The van der Waals surface area contributed by atoms with Crippen molar-refractivity contribution in [1.82, 2.24) is 0 Å². The predicted molar refractivity (Wildman–Crippen MR) is 63.1 cm³/mol. The number of aryl methyl sites for hydroxylation is 1. The molecular formula is C11H12N2O5. The lowest BCUT2D eigenvalue weighted by Gasteiger charge is -2.06. The molecule has 0 heterocycles. The molecule has 96 valence electrons. The Morgan fingerprint density at radius 2 is 2.11 bits per heavy atom. The van der Waals surface area contributed by atoms with E-state index >= 15 is 0 Å². The molecule has 0 radical (unpaired) electrons. The molecule has 1 amide bonds. The topological polar surface area (TPSA) is 98.5 Å². The van der Waals surface area contributed by atoms with Crippen molar-refractivity contribution in [3.8, 4) is 0 Å². The van der Waals surface area contributed by atoms with Gasteiger partial charge in [-0.3, -0.25) is 19.7 Å². The molecule has 1 rings (SSSR count). The second-order valence-electron chi connectivity index (χ2n) is 3.59. The summed E-state index contributed by atoms with van der Waals surface area (Å²) in [5.74, 6) is -1.12. The van der Waals surface area contributed by atoms with E-state index in [1.165, 1.54) is 25.1 Å². The Balaban J connectivity index is 2.73. The highest BCUT2D eigenvalue weighted by atomic mass is 16.6. The van der Waals surface area contributed by atoms with Crippen molar-refractivity contribution in [1.29, 1.82) is 0 Å². The van der Waals surface area contributed by atoms with E-state index in [1.807, 2.05) is 0 Å². The van der Waals surface area contributed by atoms with Gasteiger partial charge in [-0.05, 0) is 13.0 Å². The molecule has 0 atom stereocenters. The van der Waals surface area contributed by atoms with Crippen LogP contribution >= 0.6 is 0 Å². The Morgan fingerprint density at radius 1 is 1.44 bits per heavy atom. The van der Waals surface area contributed by atoms with E-state index in [9.17, 15) is 19.7 Å². The zero-order valence-electron chi connectivity index (χ0n) is 9.93. The molecule has 0 aliphatic rings. The number of nitro benzene ring substituents is 1. The van der Waals surface area contributed by atoms with Gasteiger partial charge in [0.15, 0.2) is 6.61 Å². The third kappa shape index (κ3) is 3.85. The third-order valence-corrected chi connectivity index (χ3v) is 2.10. The van der Waals surface area contributed by atoms with Gasteiger partial charge in [0.2, 0.25) is 0 Å². The van der Waals surface area contributed by atoms with Crippen LogP contribution in [-0.2, 0) is 14.3 Å². The van der Waals surface area contributed by atoms with E-state index in [-0.39, 0.29) is 11.4 Å². The number of rotatable bonds is 4. The lowest BCUT2D eigenvalue weighted by molar-refractivity contribution is -0.385. The van der Waals surface area contributed by atoms with Crippen LogP contribution in [0.5, 0.6) is 0 Å². The quantitative estimate of drug-likeness (QED) is 0.496. The van der Waals surface area contributed by atoms with E-state index in [2.05, 4.69) is 10.1 Å². The first-order chi connectivity index (χ1) is 8.40. The number of hydrogen-bond donors (Lipinski definition) is 1. The molecule has 0 saturated carbocycles. The standard InChI is InChI=1S/C11H12N2O5/c1-7-3-4-9(5-10(7)13(16)17)12-11(15)6-18-8(2)14/h3-5H,6H2,1-2H3,(H,12,15). The Hall–Kier alpha value is -2.44. The van der Waals surface area contributed by atoms with E-state index in [0.29, 0.717) is 5.56 Å². The smallest absolute Gasteiger partial charge is 0.303 e. The number of carbonyl (C=O) groups excluding carboxylic acids is 2. The van der Waals surface area contributed by atoms with Crippen molar-refractivity contribution in [2.24, 2.45) is 0 Å². The number of anilines is 1. The molecule has 0 bridgehead atoms. The summed E-state index contributed by atoms with van der Waals surface area (Å²) in [7, 11) is 0. The molecule has 0 aliphatic carbocycles. The number of nitro groups is 1. The summed E-state index contributed by atoms with van der Waals surface area (Å²) >= 11 is 0. The van der Waals surface area contributed by atoms with Gasteiger partial charge < -0.3 is 10.1 Å². The highest BCUT2D eigenvalue weighted by molar-refractivity contribution is 5.93. The summed E-state index contributed by atoms with van der Waals surface area (Å²) < 4.78 is 4.49. The van der Waals surface area contributed by atoms with Gasteiger partial charge in [-0.2, -0.15) is 0 Å². The Morgan fingerprint density at radius 3 is 2.67 bits per heavy atom. The first-order valence-corrected chi connectivity index (χ1v) is 5.08. The fourth-order valence-electron chi connectivity index (χ4n) is 1.25. The monoisotopic (exact) mass is 252 g/mol. The number of ether oxygens (including phenoxy) is 1. The summed E-state index contributed by atoms with van der Waals surface area (Å²) in [6, 6.07) is 4.31. The maximum atomic E-state index is 11.3. The lowest BCUT2D eigenvalue weighted by atomic mass is 10.2. The molecule has 1 aromatic rings. The molecule has 7 heteroatoms. The average Bonchev–Trinajstić information content (AvgIpc) is 2.28. The first kappa shape index (κ1) is 13.6. The minimum Gasteiger partial charge on any atom is -0.456 e. The molecule has 0 saturated heterocycles. The molecule has 1 N–H and O–H groups in total. The minimum atomic E-state index is -0.569. The zero-order chi connectivity index (χ0) is 13.7. The van der Waals surface area contributed by atoms with Crippen LogP contribution in [0.3, 0.4) is 0 Å². The summed E-state index contributed by atoms with van der Waals surface area (Å²) in [5.41, 5.74) is 0.697. The number of carbonyl (C=O) groups is 2. The van der Waals surface area contributed by atoms with Gasteiger partial charge >= 0.3 is 5.97 Å². The van der Waals surface area contributed by atoms with E-state index in [1.54, 1.807) is 6.92 Å². The van der Waals surface area contributed by atoms with Gasteiger partial charge in [0.1, 0.15) is 0 Å². The maximum Gasteiger partial charge on any atom is 0.303 e. The minimum absolute atomic E-state index is 0.0831. The van der Waals surface area contributed by atoms with Crippen molar-refractivity contribution in [2.75, 3.05) is 11.9 Å². The van der Waals surface area contributed by atoms with Crippen LogP contribution in [0.1, 0.15) is 12.5 Å². The summed E-state index contributed by atoms with van der Waals surface area (Å²) in [6.45, 7) is 2.36. The number of esters is 1. The van der Waals surface area contributed by atoms with E-state index < -0.39 is 23.4 Å². The maximum absolute atomic E-state index is 11.3. The summed E-state index contributed by atoms with van der Waals surface area (Å²) in [5, 5.41) is 13.1. The van der Waals surface area contributed by atoms with Crippen molar-refractivity contribution in [3.63, 3.8) is 0 Å². The molecule has 0 fully saturated rings. The molecule has 7 nitrogen and oxygen atoms in total. The number of nitrogens with one attached hydrogen (secondary N) is 1. The largest absolute Gasteiger partial charge is 0.456 e. The van der Waals surface area contributed by atoms with Crippen LogP contribution < -0.4 is 5.32 Å².